The number of thiazole rings is 1. The molecule has 334 valence electrons. The summed E-state index contributed by atoms with van der Waals surface area (Å²) in [6, 6.07) is 16.4. The van der Waals surface area contributed by atoms with Crippen LogP contribution in [-0.2, 0) is 22.1 Å². The molecule has 12 nitrogen and oxygen atoms in total. The highest BCUT2D eigenvalue weighted by molar-refractivity contribution is 7.13. The Hall–Kier alpha value is -5.27. The molecule has 2 aromatic carbocycles. The number of halogens is 3. The van der Waals surface area contributed by atoms with Gasteiger partial charge in [0.15, 0.2) is 5.82 Å². The summed E-state index contributed by atoms with van der Waals surface area (Å²) in [6.45, 7) is 12.3. The van der Waals surface area contributed by atoms with Crippen LogP contribution in [0.5, 0.6) is 0 Å². The van der Waals surface area contributed by atoms with Gasteiger partial charge in [-0.3, -0.25) is 4.79 Å². The van der Waals surface area contributed by atoms with Crippen molar-refractivity contribution in [3.63, 3.8) is 0 Å². The highest BCUT2D eigenvalue weighted by Crippen LogP contribution is 2.33. The SMILES string of the molecule is Cc1ncsc1-c1ccc(C(CC(=O)N2CCC(N3CCC(C#Cc4ccc(C5CCN(C6=Nn7c(nnc7C(F)(F)F)CC6)CC5)cc4)CC3)CC2)NC(=O)OC(C)(C)C)cc1. The lowest BCUT2D eigenvalue weighted by atomic mass is 9.88. The van der Waals surface area contributed by atoms with E-state index in [1.165, 1.54) is 5.56 Å². The van der Waals surface area contributed by atoms with Crippen LogP contribution in [0.25, 0.3) is 10.4 Å². The van der Waals surface area contributed by atoms with Crippen molar-refractivity contribution in [2.75, 3.05) is 39.3 Å². The van der Waals surface area contributed by atoms with Crippen LogP contribution in [0, 0.1) is 24.7 Å². The predicted molar refractivity (Wildman–Crippen MR) is 236 cm³/mol. The van der Waals surface area contributed by atoms with Crippen molar-refractivity contribution in [1.82, 2.24) is 39.9 Å². The Morgan fingerprint density at radius 1 is 0.889 bits per heavy atom. The summed E-state index contributed by atoms with van der Waals surface area (Å²) < 4.78 is 46.6. The van der Waals surface area contributed by atoms with Crippen molar-refractivity contribution in [3.8, 4) is 22.3 Å². The zero-order valence-electron chi connectivity index (χ0n) is 36.5. The van der Waals surface area contributed by atoms with E-state index in [9.17, 15) is 22.8 Å². The van der Waals surface area contributed by atoms with Gasteiger partial charge in [-0.05, 0) is 114 Å². The van der Waals surface area contributed by atoms with Gasteiger partial charge in [0.1, 0.15) is 11.4 Å². The maximum absolute atomic E-state index is 13.7. The molecule has 0 bridgehead atoms. The van der Waals surface area contributed by atoms with Crippen LogP contribution < -0.4 is 5.32 Å². The molecule has 0 radical (unpaired) electrons. The first-order chi connectivity index (χ1) is 30.2. The molecule has 63 heavy (non-hydrogen) atoms. The average Bonchev–Trinajstić information content (AvgIpc) is 3.91. The van der Waals surface area contributed by atoms with E-state index in [-0.39, 0.29) is 18.2 Å². The lowest BCUT2D eigenvalue weighted by Crippen LogP contribution is -2.49. The number of rotatable bonds is 7. The maximum atomic E-state index is 13.7. The number of hydrogen-bond donors (Lipinski definition) is 1. The third-order valence-corrected chi connectivity index (χ3v) is 13.6. The van der Waals surface area contributed by atoms with E-state index in [2.05, 4.69) is 71.5 Å². The molecule has 4 aliphatic rings. The number of likely N-dealkylation sites (tertiary alicyclic amines) is 3. The first kappa shape index (κ1) is 44.3. The van der Waals surface area contributed by atoms with Crippen LogP contribution >= 0.6 is 11.3 Å². The topological polar surface area (TPSA) is 121 Å². The van der Waals surface area contributed by atoms with Crippen molar-refractivity contribution in [3.05, 3.63) is 88.1 Å². The minimum atomic E-state index is -4.60. The molecule has 6 heterocycles. The molecule has 3 saturated heterocycles. The smallest absolute Gasteiger partial charge is 0.444 e. The van der Waals surface area contributed by atoms with Gasteiger partial charge in [-0.25, -0.2) is 9.78 Å². The van der Waals surface area contributed by atoms with E-state index in [1.54, 1.807) is 11.3 Å². The third-order valence-electron chi connectivity index (χ3n) is 12.7. The number of hydrogen-bond acceptors (Lipinski definition) is 10. The summed E-state index contributed by atoms with van der Waals surface area (Å²) in [7, 11) is 0. The molecule has 4 aliphatic heterocycles. The number of alkyl halides is 3. The molecule has 2 aromatic heterocycles. The highest BCUT2D eigenvalue weighted by Gasteiger charge is 2.40. The number of amidine groups is 1. The van der Waals surface area contributed by atoms with Crippen LogP contribution in [0.3, 0.4) is 0 Å². The number of carbonyl (C=O) groups is 2. The van der Waals surface area contributed by atoms with Gasteiger partial charge in [0.2, 0.25) is 5.91 Å². The van der Waals surface area contributed by atoms with Gasteiger partial charge in [0.25, 0.3) is 5.82 Å². The fourth-order valence-electron chi connectivity index (χ4n) is 9.20. The van der Waals surface area contributed by atoms with Gasteiger partial charge in [-0.1, -0.05) is 48.2 Å². The quantitative estimate of drug-likeness (QED) is 0.184. The zero-order chi connectivity index (χ0) is 44.3. The number of ether oxygens (including phenoxy) is 1. The van der Waals surface area contributed by atoms with Crippen molar-refractivity contribution < 1.29 is 27.5 Å². The predicted octanol–water partition coefficient (Wildman–Crippen LogP) is 8.43. The van der Waals surface area contributed by atoms with E-state index in [1.807, 2.05) is 62.4 Å². The van der Waals surface area contributed by atoms with E-state index < -0.39 is 29.7 Å². The molecule has 16 heteroatoms. The molecular weight excluding hydrogens is 828 g/mol. The number of benzene rings is 2. The second kappa shape index (κ2) is 18.8. The highest BCUT2D eigenvalue weighted by atomic mass is 32.1. The number of aromatic nitrogens is 4. The lowest BCUT2D eigenvalue weighted by molar-refractivity contribution is -0.147. The molecule has 8 rings (SSSR count). The standard InChI is InChI=1S/C47H56F3N9O3S/c1-31-43(63-30-51-31)37-13-11-36(12-14-37)39(52-45(61)62-46(2,3)4)29-42(60)58-27-21-38(22-28-58)56-23-17-33(18-24-56)6-5-32-7-9-34(10-8-32)35-19-25-57(26-20-35)41-16-15-40-53-54-44(47(48,49)50)59(40)55-41/h7-14,30,33,35,38-39H,15-29H2,1-4H3,(H,52,61). The van der Waals surface area contributed by atoms with Crippen molar-refractivity contribution in [2.24, 2.45) is 11.0 Å². The molecule has 0 aliphatic carbocycles. The van der Waals surface area contributed by atoms with Crippen molar-refractivity contribution in [2.45, 2.75) is 115 Å². The second-order valence-electron chi connectivity index (χ2n) is 18.1. The van der Waals surface area contributed by atoms with Crippen LogP contribution in [-0.4, -0.2) is 103 Å². The van der Waals surface area contributed by atoms with E-state index in [0.29, 0.717) is 49.6 Å². The van der Waals surface area contributed by atoms with Gasteiger partial charge < -0.3 is 24.8 Å². The Morgan fingerprint density at radius 3 is 2.22 bits per heavy atom. The zero-order valence-corrected chi connectivity index (χ0v) is 37.3. The summed E-state index contributed by atoms with van der Waals surface area (Å²) in [5, 5.41) is 14.3. The molecule has 4 aromatic rings. The number of piperidine rings is 3. The Balaban J connectivity index is 0.781. The second-order valence-corrected chi connectivity index (χ2v) is 19.0. The summed E-state index contributed by atoms with van der Waals surface area (Å²) >= 11 is 1.59. The number of aryl methyl sites for hydroxylation is 2. The number of nitrogens with one attached hydrogen (secondary N) is 1. The summed E-state index contributed by atoms with van der Waals surface area (Å²) in [6.07, 6.45) is 1.63. The maximum Gasteiger partial charge on any atom is 0.453 e. The van der Waals surface area contributed by atoms with Gasteiger partial charge in [-0.15, -0.1) is 21.5 Å². The Labute approximate surface area is 371 Å². The minimum Gasteiger partial charge on any atom is -0.444 e. The normalized spacial score (nSPS) is 18.9. The lowest BCUT2D eigenvalue weighted by Gasteiger charge is -2.41. The summed E-state index contributed by atoms with van der Waals surface area (Å²) in [4.78, 5) is 38.7. The molecule has 0 spiro atoms. The fraction of sp³-hybridized carbons (Fsp3) is 0.532. The summed E-state index contributed by atoms with van der Waals surface area (Å²) in [5.41, 5.74) is 6.31. The number of nitrogens with zero attached hydrogens (tertiary/aromatic N) is 8. The largest absolute Gasteiger partial charge is 0.453 e. The van der Waals surface area contributed by atoms with Crippen LogP contribution in [0.4, 0.5) is 18.0 Å². The van der Waals surface area contributed by atoms with Crippen molar-refractivity contribution in [1.29, 1.82) is 0 Å². The fourth-order valence-corrected chi connectivity index (χ4v) is 10.0. The first-order valence-electron chi connectivity index (χ1n) is 22.1. The number of alkyl carbamates (subject to hydrolysis) is 1. The minimum absolute atomic E-state index is 0.0240. The Bertz CT molecular complexity index is 2320. The molecule has 1 unspecified atom stereocenters. The average molecular weight is 884 g/mol. The molecule has 1 atom stereocenters. The summed E-state index contributed by atoms with van der Waals surface area (Å²) in [5.74, 6) is 7.55. The first-order valence-corrected chi connectivity index (χ1v) is 23.0. The van der Waals surface area contributed by atoms with Crippen molar-refractivity contribution >= 4 is 29.2 Å². The van der Waals surface area contributed by atoms with Gasteiger partial charge in [-0.2, -0.15) is 22.9 Å². The van der Waals surface area contributed by atoms with E-state index in [0.717, 1.165) is 96.6 Å². The van der Waals surface area contributed by atoms with Gasteiger partial charge >= 0.3 is 12.3 Å². The monoisotopic (exact) mass is 883 g/mol. The molecule has 3 fully saturated rings. The van der Waals surface area contributed by atoms with Crippen LogP contribution in [0.1, 0.15) is 118 Å². The Morgan fingerprint density at radius 2 is 1.59 bits per heavy atom. The third kappa shape index (κ3) is 10.9. The van der Waals surface area contributed by atoms with Gasteiger partial charge in [0, 0.05) is 56.5 Å². The number of fused-ring (bicyclic) bond motifs is 1. The molecule has 0 saturated carbocycles. The van der Waals surface area contributed by atoms with Crippen LogP contribution in [0.2, 0.25) is 0 Å². The molecular formula is C47H56F3N9O3S. The Kier molecular flexibility index (Phi) is 13.3. The number of carbonyl (C=O) groups excluding carboxylic acids is 2. The van der Waals surface area contributed by atoms with E-state index >= 15 is 0 Å². The van der Waals surface area contributed by atoms with Crippen LogP contribution in [0.15, 0.2) is 59.1 Å². The molecule has 1 N–H and O–H groups in total. The number of amides is 2. The van der Waals surface area contributed by atoms with Gasteiger partial charge in [0.05, 0.1) is 28.5 Å². The molecule has 2 amide bonds. The van der Waals surface area contributed by atoms with E-state index in [4.69, 9.17) is 4.74 Å².